The molecule has 1 aliphatic heterocycles. The molecule has 2 rings (SSSR count). The average molecular weight is 234 g/mol. The van der Waals surface area contributed by atoms with Gasteiger partial charge in [0.1, 0.15) is 7.85 Å². The molecule has 84 valence electrons. The molecular formula is C13H17BClN. The minimum absolute atomic E-state index is 0.174. The summed E-state index contributed by atoms with van der Waals surface area (Å²) in [5.41, 5.74) is 2.82. The highest BCUT2D eigenvalue weighted by molar-refractivity contribution is 6.22. The summed E-state index contributed by atoms with van der Waals surface area (Å²) in [5.74, 6) is 0. The lowest BCUT2D eigenvalue weighted by atomic mass is 9.93. The second-order valence-corrected chi connectivity index (χ2v) is 4.91. The molecular weight excluding hydrogens is 216 g/mol. The molecule has 0 fully saturated rings. The molecule has 1 aromatic carbocycles. The fraction of sp³-hybridized carbons (Fsp3) is 0.385. The lowest BCUT2D eigenvalue weighted by Crippen LogP contribution is -2.34. The van der Waals surface area contributed by atoms with Gasteiger partial charge in [-0.05, 0) is 5.56 Å². The predicted octanol–water partition coefficient (Wildman–Crippen LogP) is 2.09. The number of nitrogens with zero attached hydrogens (tertiary/aromatic N) is 1. The van der Waals surface area contributed by atoms with Crippen molar-refractivity contribution in [3.8, 4) is 0 Å². The highest BCUT2D eigenvalue weighted by Gasteiger charge is 2.17. The van der Waals surface area contributed by atoms with E-state index in [1.54, 1.807) is 0 Å². The molecule has 1 heterocycles. The molecule has 1 atom stereocenters. The van der Waals surface area contributed by atoms with Crippen LogP contribution in [-0.4, -0.2) is 31.2 Å². The highest BCUT2D eigenvalue weighted by Crippen LogP contribution is 2.18. The molecule has 0 spiro atoms. The third kappa shape index (κ3) is 3.13. The third-order valence-corrected chi connectivity index (χ3v) is 3.24. The van der Waals surface area contributed by atoms with Gasteiger partial charge in [0.15, 0.2) is 0 Å². The molecule has 0 aliphatic carbocycles. The zero-order valence-electron chi connectivity index (χ0n) is 9.70. The molecule has 0 amide bonds. The summed E-state index contributed by atoms with van der Waals surface area (Å²) in [6.45, 7) is 3.02. The molecule has 1 unspecified atom stereocenters. The first-order chi connectivity index (χ1) is 7.78. The van der Waals surface area contributed by atoms with E-state index in [-0.39, 0.29) is 5.38 Å². The van der Waals surface area contributed by atoms with Crippen LogP contribution in [0.1, 0.15) is 5.56 Å². The van der Waals surface area contributed by atoms with E-state index < -0.39 is 0 Å². The van der Waals surface area contributed by atoms with E-state index in [4.69, 9.17) is 11.6 Å². The topological polar surface area (TPSA) is 3.24 Å². The van der Waals surface area contributed by atoms with Gasteiger partial charge in [-0.3, -0.25) is 4.90 Å². The Morgan fingerprint density at radius 1 is 1.31 bits per heavy atom. The van der Waals surface area contributed by atoms with E-state index in [2.05, 4.69) is 49.2 Å². The van der Waals surface area contributed by atoms with E-state index in [0.29, 0.717) is 0 Å². The molecule has 0 N–H and O–H groups in total. The van der Waals surface area contributed by atoms with Gasteiger partial charge < -0.3 is 0 Å². The van der Waals surface area contributed by atoms with E-state index in [1.807, 2.05) is 0 Å². The summed E-state index contributed by atoms with van der Waals surface area (Å²) >= 11 is 6.23. The van der Waals surface area contributed by atoms with Gasteiger partial charge in [-0.1, -0.05) is 48.3 Å². The van der Waals surface area contributed by atoms with Crippen LogP contribution in [0.2, 0.25) is 6.32 Å². The minimum Gasteiger partial charge on any atom is -0.293 e. The van der Waals surface area contributed by atoms with Crippen LogP contribution in [0.25, 0.3) is 0 Å². The Morgan fingerprint density at radius 3 is 2.75 bits per heavy atom. The Hall–Kier alpha value is -0.725. The van der Waals surface area contributed by atoms with Gasteiger partial charge in [0, 0.05) is 19.6 Å². The highest BCUT2D eigenvalue weighted by atomic mass is 35.5. The lowest BCUT2D eigenvalue weighted by molar-refractivity contribution is 0.284. The van der Waals surface area contributed by atoms with Crippen molar-refractivity contribution in [1.82, 2.24) is 4.90 Å². The van der Waals surface area contributed by atoms with Crippen LogP contribution in [0.4, 0.5) is 0 Å². The number of benzene rings is 1. The van der Waals surface area contributed by atoms with Gasteiger partial charge in [0.05, 0.1) is 5.38 Å². The zero-order valence-corrected chi connectivity index (χ0v) is 10.5. The van der Waals surface area contributed by atoms with Crippen LogP contribution < -0.4 is 0 Å². The standard InChI is InChI=1S/C13H17BClN/c14-7-12-6-13(15)10-16(9-12)8-11-4-2-1-3-5-11/h1-6,13H,7-10,14H2. The predicted molar refractivity (Wildman–Crippen MR) is 72.8 cm³/mol. The summed E-state index contributed by atoms with van der Waals surface area (Å²) in [6, 6.07) is 10.6. The van der Waals surface area contributed by atoms with Crippen molar-refractivity contribution in [2.75, 3.05) is 13.1 Å². The maximum Gasteiger partial charge on any atom is 0.106 e. The summed E-state index contributed by atoms with van der Waals surface area (Å²) in [5, 5.41) is 0.174. The Morgan fingerprint density at radius 2 is 2.06 bits per heavy atom. The van der Waals surface area contributed by atoms with Gasteiger partial charge in [-0.2, -0.15) is 0 Å². The van der Waals surface area contributed by atoms with Crippen molar-refractivity contribution >= 4 is 19.4 Å². The molecule has 16 heavy (non-hydrogen) atoms. The van der Waals surface area contributed by atoms with Gasteiger partial charge >= 0.3 is 0 Å². The molecule has 0 aromatic heterocycles. The van der Waals surface area contributed by atoms with E-state index in [1.165, 1.54) is 11.1 Å². The Bertz CT molecular complexity index is 363. The summed E-state index contributed by atoms with van der Waals surface area (Å²) in [6.07, 6.45) is 3.32. The van der Waals surface area contributed by atoms with Crippen LogP contribution in [0.5, 0.6) is 0 Å². The maximum atomic E-state index is 6.23. The van der Waals surface area contributed by atoms with Crippen molar-refractivity contribution in [1.29, 1.82) is 0 Å². The summed E-state index contributed by atoms with van der Waals surface area (Å²) in [7, 11) is 2.20. The van der Waals surface area contributed by atoms with Gasteiger partial charge in [0.25, 0.3) is 0 Å². The van der Waals surface area contributed by atoms with Crippen molar-refractivity contribution in [3.63, 3.8) is 0 Å². The van der Waals surface area contributed by atoms with Crippen LogP contribution in [0, 0.1) is 0 Å². The van der Waals surface area contributed by atoms with Gasteiger partial charge in [-0.25, -0.2) is 0 Å². The molecule has 0 saturated heterocycles. The molecule has 3 heteroatoms. The van der Waals surface area contributed by atoms with Crippen LogP contribution in [0.3, 0.4) is 0 Å². The number of halogens is 1. The van der Waals surface area contributed by atoms with Gasteiger partial charge in [-0.15, -0.1) is 11.6 Å². The van der Waals surface area contributed by atoms with Crippen molar-refractivity contribution in [2.45, 2.75) is 18.2 Å². The number of rotatable bonds is 3. The lowest BCUT2D eigenvalue weighted by Gasteiger charge is -2.29. The maximum absolute atomic E-state index is 6.23. The minimum atomic E-state index is 0.174. The third-order valence-electron chi connectivity index (χ3n) is 2.98. The first-order valence-electron chi connectivity index (χ1n) is 5.88. The van der Waals surface area contributed by atoms with Crippen LogP contribution in [-0.2, 0) is 6.54 Å². The SMILES string of the molecule is BCC1=CC(Cl)CN(Cc2ccccc2)C1. The van der Waals surface area contributed by atoms with Crippen molar-refractivity contribution in [3.05, 3.63) is 47.5 Å². The summed E-state index contributed by atoms with van der Waals surface area (Å²) in [4.78, 5) is 2.42. The average Bonchev–Trinajstić information content (AvgIpc) is 2.29. The summed E-state index contributed by atoms with van der Waals surface area (Å²) < 4.78 is 0. The first kappa shape index (κ1) is 11.8. The largest absolute Gasteiger partial charge is 0.293 e. The second-order valence-electron chi connectivity index (χ2n) is 4.35. The first-order valence-corrected chi connectivity index (χ1v) is 6.31. The monoisotopic (exact) mass is 233 g/mol. The van der Waals surface area contributed by atoms with Crippen LogP contribution >= 0.6 is 11.6 Å². The smallest absolute Gasteiger partial charge is 0.106 e. The molecule has 0 saturated carbocycles. The quantitative estimate of drug-likeness (QED) is 0.439. The molecule has 1 aromatic rings. The normalized spacial score (nSPS) is 21.8. The molecule has 1 nitrogen and oxygen atoms in total. The molecule has 0 radical (unpaired) electrons. The number of hydrogen-bond donors (Lipinski definition) is 0. The number of alkyl halides is 1. The Kier molecular flexibility index (Phi) is 4.08. The number of hydrogen-bond acceptors (Lipinski definition) is 1. The fourth-order valence-corrected chi connectivity index (χ4v) is 2.52. The zero-order chi connectivity index (χ0) is 11.4. The van der Waals surface area contributed by atoms with Gasteiger partial charge in [0.2, 0.25) is 0 Å². The Balaban J connectivity index is 1.99. The second kappa shape index (κ2) is 5.56. The van der Waals surface area contributed by atoms with Crippen LogP contribution in [0.15, 0.2) is 42.0 Å². The van der Waals surface area contributed by atoms with Crippen molar-refractivity contribution in [2.24, 2.45) is 0 Å². The molecule has 0 bridgehead atoms. The van der Waals surface area contributed by atoms with E-state index in [0.717, 1.165) is 26.0 Å². The molecule has 1 aliphatic rings. The van der Waals surface area contributed by atoms with E-state index in [9.17, 15) is 0 Å². The fourth-order valence-electron chi connectivity index (χ4n) is 2.15. The Labute approximate surface area is 104 Å². The van der Waals surface area contributed by atoms with E-state index >= 15 is 0 Å². The van der Waals surface area contributed by atoms with Crippen molar-refractivity contribution < 1.29 is 0 Å².